The number of carbonyl (C=O) groups is 1. The highest BCUT2D eigenvalue weighted by atomic mass is 16.5. The summed E-state index contributed by atoms with van der Waals surface area (Å²) in [5.74, 6) is 3.65. The van der Waals surface area contributed by atoms with Crippen LogP contribution in [0.3, 0.4) is 0 Å². The van der Waals surface area contributed by atoms with E-state index in [2.05, 4.69) is 13.8 Å². The van der Waals surface area contributed by atoms with Crippen molar-refractivity contribution in [3.8, 4) is 17.1 Å². The lowest BCUT2D eigenvalue weighted by atomic mass is 9.77. The average Bonchev–Trinajstić information content (AvgIpc) is 2.98. The molecule has 2 aromatic rings. The van der Waals surface area contributed by atoms with Crippen molar-refractivity contribution < 1.29 is 9.53 Å². The van der Waals surface area contributed by atoms with Crippen LogP contribution >= 0.6 is 0 Å². The van der Waals surface area contributed by atoms with Gasteiger partial charge in [-0.25, -0.2) is 9.97 Å². The first-order valence-electron chi connectivity index (χ1n) is 16.3. The van der Waals surface area contributed by atoms with Crippen molar-refractivity contribution >= 4 is 5.97 Å². The van der Waals surface area contributed by atoms with Crippen LogP contribution in [-0.2, 0) is 4.79 Å². The first-order valence-corrected chi connectivity index (χ1v) is 16.3. The molecule has 4 nitrogen and oxygen atoms in total. The third-order valence-electron chi connectivity index (χ3n) is 9.43. The normalized spacial score (nSPS) is 23.4. The van der Waals surface area contributed by atoms with Crippen molar-refractivity contribution in [2.75, 3.05) is 0 Å². The molecule has 39 heavy (non-hydrogen) atoms. The van der Waals surface area contributed by atoms with E-state index >= 15 is 0 Å². The zero-order valence-corrected chi connectivity index (χ0v) is 24.7. The van der Waals surface area contributed by atoms with Gasteiger partial charge in [-0.2, -0.15) is 0 Å². The average molecular weight is 533 g/mol. The van der Waals surface area contributed by atoms with Gasteiger partial charge in [0.15, 0.2) is 5.82 Å². The molecule has 2 fully saturated rings. The Morgan fingerprint density at radius 2 is 1.26 bits per heavy atom. The van der Waals surface area contributed by atoms with Gasteiger partial charge in [0.25, 0.3) is 0 Å². The second kappa shape index (κ2) is 16.1. The number of hydrogen-bond donors (Lipinski definition) is 0. The minimum absolute atomic E-state index is 0.0452. The number of carbonyl (C=O) groups excluding carboxylic acids is 1. The van der Waals surface area contributed by atoms with E-state index < -0.39 is 0 Å². The van der Waals surface area contributed by atoms with Crippen LogP contribution < -0.4 is 4.74 Å². The first-order chi connectivity index (χ1) is 19.2. The van der Waals surface area contributed by atoms with Crippen molar-refractivity contribution in [1.82, 2.24) is 9.97 Å². The summed E-state index contributed by atoms with van der Waals surface area (Å²) in [5, 5.41) is 0. The number of hydrogen-bond acceptors (Lipinski definition) is 4. The summed E-state index contributed by atoms with van der Waals surface area (Å²) in [6.45, 7) is 4.54. The Hall–Kier alpha value is -2.23. The van der Waals surface area contributed by atoms with Crippen LogP contribution in [0.2, 0.25) is 0 Å². The number of esters is 1. The number of unbranched alkanes of at least 4 members (excludes halogenated alkanes) is 6. The van der Waals surface area contributed by atoms with E-state index in [0.29, 0.717) is 11.7 Å². The SMILES string of the molecule is CCCCCCC[C@H]1CC[C@H](c2cnc(-c3ccc(OC(=O)C4CCC(CCCCC)CC4)cc3)nc2)CC1. The predicted molar refractivity (Wildman–Crippen MR) is 161 cm³/mol. The van der Waals surface area contributed by atoms with Crippen LogP contribution in [0.5, 0.6) is 5.75 Å². The molecule has 1 aromatic heterocycles. The molecule has 2 saturated carbocycles. The smallest absolute Gasteiger partial charge is 0.314 e. The molecule has 0 aliphatic heterocycles. The third kappa shape index (κ3) is 9.43. The van der Waals surface area contributed by atoms with Crippen LogP contribution in [0.25, 0.3) is 11.4 Å². The van der Waals surface area contributed by atoms with Gasteiger partial charge in [0.1, 0.15) is 5.75 Å². The third-order valence-corrected chi connectivity index (χ3v) is 9.43. The summed E-state index contributed by atoms with van der Waals surface area (Å²) in [7, 11) is 0. The lowest BCUT2D eigenvalue weighted by Crippen LogP contribution is -2.25. The number of nitrogens with zero attached hydrogens (tertiary/aromatic N) is 2. The minimum atomic E-state index is -0.0680. The molecule has 1 aromatic carbocycles. The Kier molecular flexibility index (Phi) is 12.3. The van der Waals surface area contributed by atoms with Gasteiger partial charge < -0.3 is 4.74 Å². The highest BCUT2D eigenvalue weighted by Gasteiger charge is 2.27. The molecular formula is C35H52N2O2. The maximum absolute atomic E-state index is 12.7. The van der Waals surface area contributed by atoms with Crippen LogP contribution in [-0.4, -0.2) is 15.9 Å². The van der Waals surface area contributed by atoms with Gasteiger partial charge in [-0.05, 0) is 98.9 Å². The molecule has 0 saturated heterocycles. The molecule has 0 bridgehead atoms. The maximum Gasteiger partial charge on any atom is 0.314 e. The van der Waals surface area contributed by atoms with Gasteiger partial charge in [0.05, 0.1) is 5.92 Å². The van der Waals surface area contributed by atoms with Crippen molar-refractivity contribution in [3.63, 3.8) is 0 Å². The van der Waals surface area contributed by atoms with E-state index in [0.717, 1.165) is 48.9 Å². The zero-order chi connectivity index (χ0) is 27.3. The highest BCUT2D eigenvalue weighted by Crippen LogP contribution is 2.38. The fourth-order valence-electron chi connectivity index (χ4n) is 6.76. The van der Waals surface area contributed by atoms with Gasteiger partial charge in [-0.3, -0.25) is 4.79 Å². The van der Waals surface area contributed by atoms with E-state index in [4.69, 9.17) is 14.7 Å². The van der Waals surface area contributed by atoms with Crippen LogP contribution in [0.4, 0.5) is 0 Å². The Bertz CT molecular complexity index is 955. The standard InChI is InChI=1S/C35H52N2O2/c1-3-5-7-8-10-12-28-13-17-29(18-14-28)32-25-36-34(37-26-32)30-21-23-33(24-22-30)39-35(38)31-19-15-27(16-20-31)11-9-6-4-2/h21-29,31H,3-20H2,1-2H3/t27?,28-,29-,31?. The van der Waals surface area contributed by atoms with Crippen molar-refractivity contribution in [2.24, 2.45) is 17.8 Å². The fourth-order valence-corrected chi connectivity index (χ4v) is 6.76. The van der Waals surface area contributed by atoms with Crippen LogP contribution in [0.1, 0.15) is 141 Å². The molecule has 0 atom stereocenters. The van der Waals surface area contributed by atoms with Crippen LogP contribution in [0, 0.1) is 17.8 Å². The summed E-state index contributed by atoms with van der Waals surface area (Å²) in [4.78, 5) is 22.1. The zero-order valence-electron chi connectivity index (χ0n) is 24.7. The second-order valence-corrected chi connectivity index (χ2v) is 12.4. The van der Waals surface area contributed by atoms with E-state index in [-0.39, 0.29) is 11.9 Å². The monoisotopic (exact) mass is 532 g/mol. The Labute approximate surface area is 237 Å². The molecule has 2 aliphatic carbocycles. The lowest BCUT2D eigenvalue weighted by molar-refractivity contribution is -0.140. The molecule has 214 valence electrons. The minimum Gasteiger partial charge on any atom is -0.426 e. The molecule has 2 aliphatic rings. The quantitative estimate of drug-likeness (QED) is 0.138. The van der Waals surface area contributed by atoms with Gasteiger partial charge >= 0.3 is 5.97 Å². The van der Waals surface area contributed by atoms with E-state index in [1.165, 1.54) is 95.5 Å². The Balaban J connectivity index is 1.19. The first kappa shape index (κ1) is 29.7. The van der Waals surface area contributed by atoms with Gasteiger partial charge in [-0.15, -0.1) is 0 Å². The molecule has 0 radical (unpaired) electrons. The second-order valence-electron chi connectivity index (χ2n) is 12.4. The van der Waals surface area contributed by atoms with Gasteiger partial charge in [0.2, 0.25) is 0 Å². The molecule has 0 unspecified atom stereocenters. The van der Waals surface area contributed by atoms with E-state index in [1.54, 1.807) is 0 Å². The number of rotatable bonds is 14. The fraction of sp³-hybridized carbons (Fsp3) is 0.686. The summed E-state index contributed by atoms with van der Waals surface area (Å²) in [5.41, 5.74) is 2.24. The molecule has 0 spiro atoms. The summed E-state index contributed by atoms with van der Waals surface area (Å²) >= 11 is 0. The summed E-state index contributed by atoms with van der Waals surface area (Å²) < 4.78 is 5.75. The molecule has 0 amide bonds. The summed E-state index contributed by atoms with van der Waals surface area (Å²) in [6.07, 6.45) is 27.2. The molecule has 4 rings (SSSR count). The Morgan fingerprint density at radius 1 is 0.718 bits per heavy atom. The number of aromatic nitrogens is 2. The topological polar surface area (TPSA) is 52.1 Å². The maximum atomic E-state index is 12.7. The van der Waals surface area contributed by atoms with Crippen molar-refractivity contribution in [3.05, 3.63) is 42.2 Å². The highest BCUT2D eigenvalue weighted by molar-refractivity contribution is 5.75. The summed E-state index contributed by atoms with van der Waals surface area (Å²) in [6, 6.07) is 7.69. The molecule has 4 heteroatoms. The van der Waals surface area contributed by atoms with Crippen LogP contribution in [0.15, 0.2) is 36.7 Å². The van der Waals surface area contributed by atoms with E-state index in [1.807, 2.05) is 36.7 Å². The lowest BCUT2D eigenvalue weighted by Gasteiger charge is -2.28. The number of ether oxygens (including phenoxy) is 1. The van der Waals surface area contributed by atoms with E-state index in [9.17, 15) is 4.79 Å². The largest absolute Gasteiger partial charge is 0.426 e. The molecule has 0 N–H and O–H groups in total. The van der Waals surface area contributed by atoms with Gasteiger partial charge in [0, 0.05) is 18.0 Å². The number of benzene rings is 1. The molecular weight excluding hydrogens is 480 g/mol. The molecule has 1 heterocycles. The van der Waals surface area contributed by atoms with Crippen molar-refractivity contribution in [1.29, 1.82) is 0 Å². The Morgan fingerprint density at radius 3 is 1.87 bits per heavy atom. The predicted octanol–water partition coefficient (Wildman–Crippen LogP) is 10.1. The van der Waals surface area contributed by atoms with Crippen molar-refractivity contribution in [2.45, 2.75) is 135 Å². The van der Waals surface area contributed by atoms with Gasteiger partial charge in [-0.1, -0.05) is 78.1 Å².